The number of rotatable bonds is 5. The van der Waals surface area contributed by atoms with Crippen LogP contribution < -0.4 is 10.3 Å². The molecular weight excluding hydrogens is 368 g/mol. The highest BCUT2D eigenvalue weighted by atomic mass is 16.5. The van der Waals surface area contributed by atoms with Crippen molar-refractivity contribution in [2.75, 3.05) is 26.7 Å². The largest absolute Gasteiger partial charge is 0.496 e. The van der Waals surface area contributed by atoms with Crippen LogP contribution in [0.4, 0.5) is 0 Å². The lowest BCUT2D eigenvalue weighted by molar-refractivity contribution is -0.129. The van der Waals surface area contributed by atoms with Crippen LogP contribution in [0.5, 0.6) is 5.75 Å². The number of ether oxygens (including phenoxy) is 1. The van der Waals surface area contributed by atoms with Gasteiger partial charge in [0.1, 0.15) is 11.6 Å². The van der Waals surface area contributed by atoms with Gasteiger partial charge in [-0.25, -0.2) is 4.98 Å². The van der Waals surface area contributed by atoms with Gasteiger partial charge in [0.15, 0.2) is 0 Å². The summed E-state index contributed by atoms with van der Waals surface area (Å²) in [6, 6.07) is 7.98. The van der Waals surface area contributed by atoms with Crippen LogP contribution >= 0.6 is 0 Å². The van der Waals surface area contributed by atoms with Crippen LogP contribution in [0.25, 0.3) is 0 Å². The van der Waals surface area contributed by atoms with Crippen molar-refractivity contribution in [2.24, 2.45) is 0 Å². The van der Waals surface area contributed by atoms with E-state index in [0.717, 1.165) is 60.9 Å². The van der Waals surface area contributed by atoms with Gasteiger partial charge in [-0.3, -0.25) is 14.5 Å². The first-order chi connectivity index (χ1) is 14.1. The van der Waals surface area contributed by atoms with Gasteiger partial charge in [-0.2, -0.15) is 0 Å². The van der Waals surface area contributed by atoms with Gasteiger partial charge >= 0.3 is 0 Å². The molecule has 3 heterocycles. The van der Waals surface area contributed by atoms with Crippen molar-refractivity contribution in [3.63, 3.8) is 0 Å². The third-order valence-corrected chi connectivity index (χ3v) is 5.98. The number of benzene rings is 1. The number of para-hydroxylation sites is 1. The lowest BCUT2D eigenvalue weighted by atomic mass is 10.0. The minimum Gasteiger partial charge on any atom is -0.496 e. The van der Waals surface area contributed by atoms with Crippen molar-refractivity contribution in [3.8, 4) is 5.75 Å². The van der Waals surface area contributed by atoms with Crippen molar-refractivity contribution < 1.29 is 9.53 Å². The number of aromatic amines is 1. The highest BCUT2D eigenvalue weighted by Gasteiger charge is 2.30. The Morgan fingerprint density at radius 1 is 1.31 bits per heavy atom. The Balaban J connectivity index is 1.49. The number of H-pyrrole nitrogens is 1. The van der Waals surface area contributed by atoms with E-state index in [2.05, 4.69) is 16.0 Å². The lowest BCUT2D eigenvalue weighted by Gasteiger charge is -2.28. The second-order valence-electron chi connectivity index (χ2n) is 7.83. The number of likely N-dealkylation sites (tertiary alicyclic amines) is 1. The van der Waals surface area contributed by atoms with Crippen molar-refractivity contribution in [1.29, 1.82) is 0 Å². The minimum atomic E-state index is -0.0463. The molecule has 2 aromatic rings. The molecule has 2 aliphatic rings. The normalized spacial score (nSPS) is 19.2. The number of nitrogens with zero attached hydrogens (tertiary/aromatic N) is 3. The molecule has 2 aliphatic heterocycles. The van der Waals surface area contributed by atoms with Gasteiger partial charge in [0.05, 0.1) is 18.4 Å². The quantitative estimate of drug-likeness (QED) is 0.837. The van der Waals surface area contributed by atoms with E-state index >= 15 is 0 Å². The number of hydrogen-bond acceptors (Lipinski definition) is 5. The number of amides is 1. The van der Waals surface area contributed by atoms with Crippen LogP contribution in [0.15, 0.2) is 29.1 Å². The highest BCUT2D eigenvalue weighted by molar-refractivity contribution is 5.76. The zero-order valence-electron chi connectivity index (χ0n) is 17.1. The van der Waals surface area contributed by atoms with Crippen molar-refractivity contribution in [3.05, 3.63) is 57.3 Å². The van der Waals surface area contributed by atoms with Gasteiger partial charge < -0.3 is 14.6 Å². The molecule has 154 valence electrons. The van der Waals surface area contributed by atoms with E-state index in [4.69, 9.17) is 9.72 Å². The predicted octanol–water partition coefficient (Wildman–Crippen LogP) is 2.06. The van der Waals surface area contributed by atoms with Crippen molar-refractivity contribution in [1.82, 2.24) is 19.8 Å². The van der Waals surface area contributed by atoms with Crippen LogP contribution in [0.2, 0.25) is 0 Å². The number of carbonyl (C=O) groups is 1. The smallest absolute Gasteiger partial charge is 0.255 e. The van der Waals surface area contributed by atoms with E-state index in [9.17, 15) is 9.59 Å². The molecule has 1 saturated heterocycles. The summed E-state index contributed by atoms with van der Waals surface area (Å²) in [4.78, 5) is 36.7. The first-order valence-electron chi connectivity index (χ1n) is 10.3. The maximum atomic E-state index is 12.8. The van der Waals surface area contributed by atoms with Gasteiger partial charge in [0.2, 0.25) is 5.91 Å². The molecule has 1 aromatic carbocycles. The van der Waals surface area contributed by atoms with E-state index in [-0.39, 0.29) is 17.4 Å². The topological polar surface area (TPSA) is 78.5 Å². The summed E-state index contributed by atoms with van der Waals surface area (Å²) in [5, 5.41) is 0. The lowest BCUT2D eigenvalue weighted by Crippen LogP contribution is -2.36. The molecule has 0 aliphatic carbocycles. The van der Waals surface area contributed by atoms with Gasteiger partial charge in [0.25, 0.3) is 5.56 Å². The van der Waals surface area contributed by atoms with Crippen LogP contribution in [-0.4, -0.2) is 52.4 Å². The molecule has 1 aromatic heterocycles. The van der Waals surface area contributed by atoms with E-state index in [0.29, 0.717) is 19.5 Å². The zero-order chi connectivity index (χ0) is 20.4. The second-order valence-corrected chi connectivity index (χ2v) is 7.83. The molecule has 1 N–H and O–H groups in total. The molecule has 29 heavy (non-hydrogen) atoms. The third kappa shape index (κ3) is 4.05. The maximum absolute atomic E-state index is 12.8. The first kappa shape index (κ1) is 19.6. The molecule has 7 nitrogen and oxygen atoms in total. The average molecular weight is 396 g/mol. The Morgan fingerprint density at radius 3 is 2.93 bits per heavy atom. The predicted molar refractivity (Wildman–Crippen MR) is 110 cm³/mol. The van der Waals surface area contributed by atoms with Gasteiger partial charge in [-0.1, -0.05) is 25.1 Å². The van der Waals surface area contributed by atoms with Crippen LogP contribution in [-0.2, 0) is 24.3 Å². The number of nitrogens with one attached hydrogen (secondary N) is 1. The van der Waals surface area contributed by atoms with Crippen molar-refractivity contribution in [2.45, 2.75) is 45.2 Å². The second kappa shape index (κ2) is 8.37. The Hall–Kier alpha value is -2.67. The Labute approximate surface area is 170 Å². The fourth-order valence-corrected chi connectivity index (χ4v) is 4.34. The summed E-state index contributed by atoms with van der Waals surface area (Å²) < 4.78 is 5.45. The van der Waals surface area contributed by atoms with E-state index in [1.165, 1.54) is 0 Å². The number of carbonyl (C=O) groups excluding carboxylic acids is 1. The Morgan fingerprint density at radius 2 is 2.14 bits per heavy atom. The van der Waals surface area contributed by atoms with E-state index in [1.54, 1.807) is 7.11 Å². The average Bonchev–Trinajstić information content (AvgIpc) is 3.24. The Kier molecular flexibility index (Phi) is 5.67. The molecule has 0 bridgehead atoms. The molecule has 1 fully saturated rings. The fourth-order valence-electron chi connectivity index (χ4n) is 4.34. The fraction of sp³-hybridized carbons (Fsp3) is 0.500. The summed E-state index contributed by atoms with van der Waals surface area (Å²) in [6.45, 7) is 5.44. The molecule has 0 radical (unpaired) electrons. The summed E-state index contributed by atoms with van der Waals surface area (Å²) in [5.74, 6) is 1.89. The molecule has 4 rings (SSSR count). The third-order valence-electron chi connectivity index (χ3n) is 5.98. The standard InChI is InChI=1S/C22H28N4O3/c1-3-20(27)26-11-8-16(13-26)21-23-18-9-10-25(14-17(18)22(28)24-21)12-15-6-4-5-7-19(15)29-2/h4-7,16H,3,8-14H2,1-2H3,(H,23,24,28)/t16-/m0/s1. The van der Waals surface area contributed by atoms with Gasteiger partial charge in [-0.15, -0.1) is 0 Å². The van der Waals surface area contributed by atoms with Crippen LogP contribution in [0, 0.1) is 0 Å². The molecule has 7 heteroatoms. The summed E-state index contributed by atoms with van der Waals surface area (Å²) in [6.07, 6.45) is 2.13. The number of methoxy groups -OCH3 is 1. The maximum Gasteiger partial charge on any atom is 0.255 e. The molecule has 1 atom stereocenters. The summed E-state index contributed by atoms with van der Waals surface area (Å²) in [5.41, 5.74) is 2.73. The number of fused-ring (bicyclic) bond motifs is 1. The van der Waals surface area contributed by atoms with E-state index in [1.807, 2.05) is 30.0 Å². The number of aromatic nitrogens is 2. The van der Waals surface area contributed by atoms with Gasteiger partial charge in [-0.05, 0) is 12.5 Å². The monoisotopic (exact) mass is 396 g/mol. The number of hydrogen-bond donors (Lipinski definition) is 1. The molecule has 0 spiro atoms. The minimum absolute atomic E-state index is 0.0463. The van der Waals surface area contributed by atoms with Gasteiger partial charge in [0, 0.05) is 57.0 Å². The first-order valence-corrected chi connectivity index (χ1v) is 10.3. The summed E-state index contributed by atoms with van der Waals surface area (Å²) in [7, 11) is 1.68. The molecule has 1 amide bonds. The van der Waals surface area contributed by atoms with Crippen molar-refractivity contribution >= 4 is 5.91 Å². The SMILES string of the molecule is CCC(=O)N1CC[C@H](c2nc3c(c(=O)[nH]2)CN(Cc2ccccc2OC)CC3)C1. The molecular formula is C22H28N4O3. The Bertz CT molecular complexity index is 955. The summed E-state index contributed by atoms with van der Waals surface area (Å²) >= 11 is 0. The zero-order valence-corrected chi connectivity index (χ0v) is 17.1. The highest BCUT2D eigenvalue weighted by Crippen LogP contribution is 2.27. The van der Waals surface area contributed by atoms with E-state index < -0.39 is 0 Å². The van der Waals surface area contributed by atoms with Crippen LogP contribution in [0.1, 0.15) is 48.3 Å². The molecule has 0 saturated carbocycles. The molecule has 0 unspecified atom stereocenters. The van der Waals surface area contributed by atoms with Crippen LogP contribution in [0.3, 0.4) is 0 Å².